The van der Waals surface area contributed by atoms with Crippen LogP contribution >= 0.6 is 0 Å². The molecule has 140 valence electrons. The summed E-state index contributed by atoms with van der Waals surface area (Å²) in [5.41, 5.74) is 1.16. The quantitative estimate of drug-likeness (QED) is 0.687. The third-order valence-corrected chi connectivity index (χ3v) is 4.75. The Bertz CT molecular complexity index is 878. The van der Waals surface area contributed by atoms with E-state index in [1.165, 1.54) is 0 Å². The lowest BCUT2D eigenvalue weighted by molar-refractivity contribution is -0.134. The summed E-state index contributed by atoms with van der Waals surface area (Å²) in [6, 6.07) is 11.2. The van der Waals surface area contributed by atoms with Crippen LogP contribution in [0.3, 0.4) is 0 Å². The SMILES string of the molecule is Cc1ccc(OCC(=O)N2CCC(c3nnc(-c4ccco4)o3)CC2)cc1. The topological polar surface area (TPSA) is 81.6 Å². The van der Waals surface area contributed by atoms with E-state index in [9.17, 15) is 4.79 Å². The number of piperidine rings is 1. The minimum absolute atomic E-state index is 0.00386. The lowest BCUT2D eigenvalue weighted by Gasteiger charge is -2.30. The summed E-state index contributed by atoms with van der Waals surface area (Å²) in [4.78, 5) is 14.2. The molecule has 1 fully saturated rings. The Labute approximate surface area is 156 Å². The van der Waals surface area contributed by atoms with Crippen molar-refractivity contribution < 1.29 is 18.4 Å². The fraction of sp³-hybridized carbons (Fsp3) is 0.350. The van der Waals surface area contributed by atoms with Gasteiger partial charge in [0.05, 0.1) is 6.26 Å². The second kappa shape index (κ2) is 7.65. The Hall–Kier alpha value is -3.09. The molecule has 4 rings (SSSR count). The van der Waals surface area contributed by atoms with Crippen LogP contribution in [0.1, 0.15) is 30.2 Å². The predicted molar refractivity (Wildman–Crippen MR) is 97.2 cm³/mol. The molecule has 0 aliphatic carbocycles. The summed E-state index contributed by atoms with van der Waals surface area (Å²) in [6.45, 7) is 3.37. The lowest BCUT2D eigenvalue weighted by atomic mass is 9.97. The Morgan fingerprint density at radius 2 is 1.96 bits per heavy atom. The molecule has 1 saturated heterocycles. The highest BCUT2D eigenvalue weighted by molar-refractivity contribution is 5.77. The maximum Gasteiger partial charge on any atom is 0.283 e. The highest BCUT2D eigenvalue weighted by Crippen LogP contribution is 2.29. The van der Waals surface area contributed by atoms with Gasteiger partial charge in [-0.05, 0) is 44.0 Å². The summed E-state index contributed by atoms with van der Waals surface area (Å²) in [7, 11) is 0. The molecule has 1 aromatic carbocycles. The molecule has 7 heteroatoms. The van der Waals surface area contributed by atoms with E-state index in [0.717, 1.165) is 18.4 Å². The van der Waals surface area contributed by atoms with Crippen molar-refractivity contribution in [3.8, 4) is 17.4 Å². The molecule has 27 heavy (non-hydrogen) atoms. The van der Waals surface area contributed by atoms with Gasteiger partial charge >= 0.3 is 0 Å². The number of carbonyl (C=O) groups is 1. The van der Waals surface area contributed by atoms with Gasteiger partial charge in [0.1, 0.15) is 5.75 Å². The first kappa shape index (κ1) is 17.3. The summed E-state index contributed by atoms with van der Waals surface area (Å²) in [6.07, 6.45) is 3.15. The third-order valence-electron chi connectivity index (χ3n) is 4.75. The van der Waals surface area contributed by atoms with Crippen LogP contribution in [-0.2, 0) is 4.79 Å². The predicted octanol–water partition coefficient (Wildman–Crippen LogP) is 3.42. The van der Waals surface area contributed by atoms with Gasteiger partial charge in [0.15, 0.2) is 12.4 Å². The molecule has 0 bridgehead atoms. The fourth-order valence-corrected chi connectivity index (χ4v) is 3.15. The van der Waals surface area contributed by atoms with Crippen LogP contribution in [0.5, 0.6) is 5.75 Å². The van der Waals surface area contributed by atoms with E-state index in [2.05, 4.69) is 10.2 Å². The second-order valence-electron chi connectivity index (χ2n) is 6.68. The van der Waals surface area contributed by atoms with Gasteiger partial charge in [-0.2, -0.15) is 0 Å². The molecule has 0 spiro atoms. The first-order valence-electron chi connectivity index (χ1n) is 9.03. The van der Waals surface area contributed by atoms with Crippen LogP contribution in [0.25, 0.3) is 11.7 Å². The number of hydrogen-bond acceptors (Lipinski definition) is 6. The first-order valence-corrected chi connectivity index (χ1v) is 9.03. The molecule has 0 N–H and O–H groups in total. The van der Waals surface area contributed by atoms with Gasteiger partial charge in [-0.25, -0.2) is 0 Å². The number of amides is 1. The number of furan rings is 1. The largest absolute Gasteiger partial charge is 0.484 e. The van der Waals surface area contributed by atoms with Gasteiger partial charge in [-0.15, -0.1) is 10.2 Å². The van der Waals surface area contributed by atoms with Crippen LogP contribution in [0.15, 0.2) is 51.5 Å². The molecule has 3 aromatic rings. The average molecular weight is 367 g/mol. The smallest absolute Gasteiger partial charge is 0.283 e. The van der Waals surface area contributed by atoms with E-state index in [0.29, 0.717) is 36.4 Å². The number of ether oxygens (including phenoxy) is 1. The highest BCUT2D eigenvalue weighted by atomic mass is 16.5. The van der Waals surface area contributed by atoms with Crippen LogP contribution in [0, 0.1) is 6.92 Å². The van der Waals surface area contributed by atoms with Gasteiger partial charge < -0.3 is 18.5 Å². The van der Waals surface area contributed by atoms with Gasteiger partial charge in [0.2, 0.25) is 5.89 Å². The van der Waals surface area contributed by atoms with Crippen molar-refractivity contribution in [1.82, 2.24) is 15.1 Å². The van der Waals surface area contributed by atoms with Crippen molar-refractivity contribution in [3.63, 3.8) is 0 Å². The number of carbonyl (C=O) groups excluding carboxylic acids is 1. The maximum absolute atomic E-state index is 12.4. The zero-order valence-electron chi connectivity index (χ0n) is 15.1. The average Bonchev–Trinajstić information content (AvgIpc) is 3.39. The van der Waals surface area contributed by atoms with Crippen LogP contribution in [-0.4, -0.2) is 40.7 Å². The summed E-state index contributed by atoms with van der Waals surface area (Å²) >= 11 is 0. The molecule has 1 amide bonds. The molecule has 0 radical (unpaired) electrons. The van der Waals surface area contributed by atoms with E-state index in [4.69, 9.17) is 13.6 Å². The molecule has 0 saturated carbocycles. The molecule has 1 aliphatic rings. The van der Waals surface area contributed by atoms with Gasteiger partial charge in [-0.1, -0.05) is 17.7 Å². The minimum Gasteiger partial charge on any atom is -0.484 e. The monoisotopic (exact) mass is 367 g/mol. The van der Waals surface area contributed by atoms with Gasteiger partial charge in [0, 0.05) is 19.0 Å². The summed E-state index contributed by atoms with van der Waals surface area (Å²) in [5.74, 6) is 2.42. The van der Waals surface area contributed by atoms with E-state index in [-0.39, 0.29) is 18.4 Å². The van der Waals surface area contributed by atoms with E-state index in [1.54, 1.807) is 18.4 Å². The van der Waals surface area contributed by atoms with Gasteiger partial charge in [0.25, 0.3) is 11.8 Å². The number of likely N-dealkylation sites (tertiary alicyclic amines) is 1. The first-order chi connectivity index (χ1) is 13.2. The number of rotatable bonds is 5. The molecular weight excluding hydrogens is 346 g/mol. The molecular formula is C20H21N3O4. The fourth-order valence-electron chi connectivity index (χ4n) is 3.15. The zero-order chi connectivity index (χ0) is 18.6. The Balaban J connectivity index is 1.28. The number of hydrogen-bond donors (Lipinski definition) is 0. The lowest BCUT2D eigenvalue weighted by Crippen LogP contribution is -2.40. The number of aryl methyl sites for hydroxylation is 1. The van der Waals surface area contributed by atoms with Crippen molar-refractivity contribution >= 4 is 5.91 Å². The number of aromatic nitrogens is 2. The maximum atomic E-state index is 12.4. The molecule has 0 unspecified atom stereocenters. The Morgan fingerprint density at radius 3 is 2.67 bits per heavy atom. The molecule has 7 nitrogen and oxygen atoms in total. The van der Waals surface area contributed by atoms with Crippen molar-refractivity contribution in [2.75, 3.05) is 19.7 Å². The normalized spacial score (nSPS) is 15.1. The van der Waals surface area contributed by atoms with Crippen LogP contribution in [0.2, 0.25) is 0 Å². The molecule has 3 heterocycles. The molecule has 1 aliphatic heterocycles. The van der Waals surface area contributed by atoms with Gasteiger partial charge in [-0.3, -0.25) is 4.79 Å². The van der Waals surface area contributed by atoms with Crippen LogP contribution < -0.4 is 4.74 Å². The molecule has 0 atom stereocenters. The second-order valence-corrected chi connectivity index (χ2v) is 6.68. The summed E-state index contributed by atoms with van der Waals surface area (Å²) in [5, 5.41) is 8.19. The van der Waals surface area contributed by atoms with Crippen molar-refractivity contribution in [2.45, 2.75) is 25.7 Å². The molecule has 2 aromatic heterocycles. The summed E-state index contributed by atoms with van der Waals surface area (Å²) < 4.78 is 16.6. The number of nitrogens with zero attached hydrogens (tertiary/aromatic N) is 3. The van der Waals surface area contributed by atoms with E-state index in [1.807, 2.05) is 36.1 Å². The zero-order valence-corrected chi connectivity index (χ0v) is 15.1. The van der Waals surface area contributed by atoms with Crippen molar-refractivity contribution in [3.05, 3.63) is 54.1 Å². The van der Waals surface area contributed by atoms with E-state index < -0.39 is 0 Å². The minimum atomic E-state index is -0.00386. The van der Waals surface area contributed by atoms with E-state index >= 15 is 0 Å². The van der Waals surface area contributed by atoms with Crippen molar-refractivity contribution in [1.29, 1.82) is 0 Å². The number of benzene rings is 1. The Morgan fingerprint density at radius 1 is 1.19 bits per heavy atom. The standard InChI is InChI=1S/C20H21N3O4/c1-14-4-6-16(7-5-14)26-13-18(24)23-10-8-15(9-11-23)19-21-22-20(27-19)17-3-2-12-25-17/h2-7,12,15H,8-11,13H2,1H3. The van der Waals surface area contributed by atoms with Crippen LogP contribution in [0.4, 0.5) is 0 Å². The van der Waals surface area contributed by atoms with Crippen molar-refractivity contribution in [2.24, 2.45) is 0 Å². The Kier molecular flexibility index (Phi) is 4.91. The highest BCUT2D eigenvalue weighted by Gasteiger charge is 2.28. The third kappa shape index (κ3) is 4.02.